The molecule has 0 aromatic carbocycles. The van der Waals surface area contributed by atoms with Crippen LogP contribution in [0.25, 0.3) is 0 Å². The second-order valence-electron chi connectivity index (χ2n) is 2.48. The molecule has 0 bridgehead atoms. The first kappa shape index (κ1) is 8.21. The van der Waals surface area contributed by atoms with Crippen molar-refractivity contribution in [1.82, 2.24) is 10.0 Å². The second-order valence-corrected chi connectivity index (χ2v) is 2.48. The fourth-order valence-electron chi connectivity index (χ4n) is 0.970. The van der Waals surface area contributed by atoms with E-state index in [0.717, 1.165) is 25.7 Å². The van der Waals surface area contributed by atoms with E-state index < -0.39 is 0 Å². The molecule has 2 nitrogen and oxygen atoms in total. The molecule has 0 aromatic rings. The third-order valence-electron chi connectivity index (χ3n) is 1.55. The van der Waals surface area contributed by atoms with E-state index >= 15 is 0 Å². The Morgan fingerprint density at radius 2 is 2.60 bits per heavy atom. The molecule has 0 aromatic heterocycles. The molecule has 0 saturated carbocycles. The number of rotatable bonds is 3. The molecule has 51 valence electrons. The van der Waals surface area contributed by atoms with Crippen LogP contribution in [-0.2, 0) is 0 Å². The molecule has 10 heavy (non-hydrogen) atoms. The van der Waals surface area contributed by atoms with Gasteiger partial charge in [0, 0.05) is 0 Å². The molecule has 1 saturated heterocycles. The van der Waals surface area contributed by atoms with Crippen molar-refractivity contribution in [3.63, 3.8) is 0 Å². The first-order valence-electron chi connectivity index (χ1n) is 3.87. The standard InChI is InChI=1S/C5H12B3N2/c1-2-6-4-10-5-7-3-9-8-10/h9H,2-5H2,1H3. The van der Waals surface area contributed by atoms with Crippen molar-refractivity contribution >= 4 is 22.1 Å². The maximum Gasteiger partial charge on any atom is 0.308 e. The van der Waals surface area contributed by atoms with Crippen LogP contribution < -0.4 is 5.23 Å². The Kier molecular flexibility index (Phi) is 3.99. The molecule has 0 unspecified atom stereocenters. The van der Waals surface area contributed by atoms with Crippen molar-refractivity contribution < 1.29 is 0 Å². The normalized spacial score (nSPS) is 19.3. The van der Waals surface area contributed by atoms with Gasteiger partial charge in [0.05, 0.1) is 0 Å². The number of nitrogens with zero attached hydrogens (tertiary/aromatic N) is 1. The molecule has 1 aliphatic rings. The van der Waals surface area contributed by atoms with Crippen molar-refractivity contribution in [2.24, 2.45) is 0 Å². The van der Waals surface area contributed by atoms with Gasteiger partial charge in [0.25, 0.3) is 0 Å². The van der Waals surface area contributed by atoms with Gasteiger partial charge in [0.1, 0.15) is 14.6 Å². The van der Waals surface area contributed by atoms with Crippen LogP contribution in [0.2, 0.25) is 6.32 Å². The maximum atomic E-state index is 3.17. The van der Waals surface area contributed by atoms with E-state index in [1.54, 1.807) is 0 Å². The van der Waals surface area contributed by atoms with Gasteiger partial charge >= 0.3 is 7.55 Å². The summed E-state index contributed by atoms with van der Waals surface area (Å²) in [5.41, 5.74) is 0. The summed E-state index contributed by atoms with van der Waals surface area (Å²) < 4.78 is 0. The first-order valence-corrected chi connectivity index (χ1v) is 3.87. The SMILES string of the molecule is CC[B]CN1[B]NC[B]C1. The monoisotopic (exact) mass is 133 g/mol. The molecule has 0 atom stereocenters. The van der Waals surface area contributed by atoms with E-state index in [-0.39, 0.29) is 0 Å². The molecule has 5 heteroatoms. The zero-order valence-electron chi connectivity index (χ0n) is 6.51. The minimum absolute atomic E-state index is 1.02. The average Bonchev–Trinajstić information content (AvgIpc) is 2.03. The van der Waals surface area contributed by atoms with Crippen LogP contribution in [0.4, 0.5) is 0 Å². The molecule has 1 rings (SSSR count). The van der Waals surface area contributed by atoms with E-state index in [2.05, 4.69) is 39.1 Å². The third-order valence-corrected chi connectivity index (χ3v) is 1.55. The van der Waals surface area contributed by atoms with Gasteiger partial charge in [-0.05, 0) is 19.3 Å². The zero-order valence-corrected chi connectivity index (χ0v) is 6.51. The Morgan fingerprint density at radius 3 is 3.20 bits per heavy atom. The molecule has 1 N–H and O–H groups in total. The highest BCUT2D eigenvalue weighted by molar-refractivity contribution is 6.46. The van der Waals surface area contributed by atoms with Gasteiger partial charge in [-0.2, -0.15) is 0 Å². The van der Waals surface area contributed by atoms with Crippen molar-refractivity contribution in [2.75, 3.05) is 19.3 Å². The van der Waals surface area contributed by atoms with E-state index in [0.29, 0.717) is 0 Å². The lowest BCUT2D eigenvalue weighted by atomic mass is 9.67. The number of hydrogen-bond donors (Lipinski definition) is 1. The number of hydrogen-bond acceptors (Lipinski definition) is 2. The van der Waals surface area contributed by atoms with Crippen LogP contribution in [-0.4, -0.2) is 46.3 Å². The van der Waals surface area contributed by atoms with Crippen molar-refractivity contribution in [3.8, 4) is 0 Å². The summed E-state index contributed by atoms with van der Waals surface area (Å²) in [6.45, 7) is 2.17. The van der Waals surface area contributed by atoms with Crippen LogP contribution in [0.3, 0.4) is 0 Å². The lowest BCUT2D eigenvalue weighted by molar-refractivity contribution is 0.568. The Hall–Kier alpha value is 0.115. The van der Waals surface area contributed by atoms with Gasteiger partial charge in [0.15, 0.2) is 0 Å². The van der Waals surface area contributed by atoms with E-state index in [1.807, 2.05) is 0 Å². The molecule has 0 amide bonds. The summed E-state index contributed by atoms with van der Waals surface area (Å²) in [5.74, 6) is 0. The molecule has 1 aliphatic heterocycles. The lowest BCUT2D eigenvalue weighted by Crippen LogP contribution is -2.50. The van der Waals surface area contributed by atoms with Gasteiger partial charge in [0.2, 0.25) is 0 Å². The summed E-state index contributed by atoms with van der Waals surface area (Å²) in [5, 5.41) is 3.17. The highest BCUT2D eigenvalue weighted by Gasteiger charge is 2.10. The first-order chi connectivity index (χ1) is 4.93. The minimum Gasteiger partial charge on any atom is -0.353 e. The summed E-state index contributed by atoms with van der Waals surface area (Å²) in [4.78, 5) is 2.26. The van der Waals surface area contributed by atoms with E-state index in [4.69, 9.17) is 0 Å². The Labute approximate surface area is 65.5 Å². The van der Waals surface area contributed by atoms with Crippen LogP contribution in [0.15, 0.2) is 0 Å². The molecular weight excluding hydrogens is 121 g/mol. The van der Waals surface area contributed by atoms with Crippen molar-refractivity contribution in [1.29, 1.82) is 0 Å². The molecule has 1 fully saturated rings. The Balaban J connectivity index is 2.02. The summed E-state index contributed by atoms with van der Waals surface area (Å²) in [6.07, 6.45) is 4.33. The summed E-state index contributed by atoms with van der Waals surface area (Å²) in [6, 6.07) is 0. The largest absolute Gasteiger partial charge is 0.353 e. The third kappa shape index (κ3) is 2.80. The fourth-order valence-corrected chi connectivity index (χ4v) is 0.970. The van der Waals surface area contributed by atoms with Gasteiger partial charge in [-0.15, -0.1) is 0 Å². The van der Waals surface area contributed by atoms with Gasteiger partial charge in [-0.1, -0.05) is 13.2 Å². The second kappa shape index (κ2) is 4.86. The van der Waals surface area contributed by atoms with E-state index in [1.165, 1.54) is 0 Å². The van der Waals surface area contributed by atoms with Crippen molar-refractivity contribution in [2.45, 2.75) is 13.2 Å². The highest BCUT2D eigenvalue weighted by Crippen LogP contribution is 1.86. The molecular formula is C5H12B3N2. The Bertz CT molecular complexity index is 85.0. The van der Waals surface area contributed by atoms with Gasteiger partial charge in [-0.25, -0.2) is 0 Å². The maximum absolute atomic E-state index is 3.17. The fraction of sp³-hybridized carbons (Fsp3) is 1.00. The van der Waals surface area contributed by atoms with Crippen molar-refractivity contribution in [3.05, 3.63) is 0 Å². The molecule has 3 radical (unpaired) electrons. The molecule has 0 spiro atoms. The quantitative estimate of drug-likeness (QED) is 0.503. The zero-order chi connectivity index (χ0) is 7.23. The van der Waals surface area contributed by atoms with Crippen LogP contribution >= 0.6 is 0 Å². The highest BCUT2D eigenvalue weighted by atomic mass is 15.1. The number of nitrogens with one attached hydrogen (secondary N) is 1. The predicted octanol–water partition coefficient (Wildman–Crippen LogP) is -0.855. The van der Waals surface area contributed by atoms with Crippen LogP contribution in [0, 0.1) is 0 Å². The van der Waals surface area contributed by atoms with Gasteiger partial charge < -0.3 is 10.0 Å². The van der Waals surface area contributed by atoms with E-state index in [9.17, 15) is 0 Å². The minimum atomic E-state index is 1.02. The van der Waals surface area contributed by atoms with Gasteiger partial charge in [-0.3, -0.25) is 0 Å². The summed E-state index contributed by atoms with van der Waals surface area (Å²) >= 11 is 0. The van der Waals surface area contributed by atoms with Crippen LogP contribution in [0.5, 0.6) is 0 Å². The predicted molar refractivity (Wildman–Crippen MR) is 47.3 cm³/mol. The topological polar surface area (TPSA) is 15.3 Å². The molecule has 1 heterocycles. The smallest absolute Gasteiger partial charge is 0.308 e. The average molecular weight is 133 g/mol. The summed E-state index contributed by atoms with van der Waals surface area (Å²) in [7, 11) is 6.58. The lowest BCUT2D eigenvalue weighted by Gasteiger charge is -2.25. The molecule has 0 aliphatic carbocycles. The Morgan fingerprint density at radius 1 is 1.70 bits per heavy atom. The van der Waals surface area contributed by atoms with Crippen LogP contribution in [0.1, 0.15) is 6.92 Å².